The SMILES string of the molecule is COc1ccc(CCNC(=O)Nc2nn(C)cc2-c2ccccc2)cc1OC. The van der Waals surface area contributed by atoms with Gasteiger partial charge in [0.25, 0.3) is 0 Å². The fraction of sp³-hybridized carbons (Fsp3) is 0.238. The Morgan fingerprint density at radius 3 is 2.54 bits per heavy atom. The van der Waals surface area contributed by atoms with Gasteiger partial charge in [-0.25, -0.2) is 4.79 Å². The second kappa shape index (κ2) is 8.94. The van der Waals surface area contributed by atoms with Gasteiger partial charge in [0.15, 0.2) is 17.3 Å². The molecule has 0 aliphatic carbocycles. The van der Waals surface area contributed by atoms with Crippen LogP contribution in [-0.4, -0.2) is 36.6 Å². The fourth-order valence-electron chi connectivity index (χ4n) is 2.92. The molecule has 3 aromatic rings. The number of aromatic nitrogens is 2. The minimum Gasteiger partial charge on any atom is -0.493 e. The lowest BCUT2D eigenvalue weighted by Crippen LogP contribution is -2.30. The van der Waals surface area contributed by atoms with Crippen molar-refractivity contribution >= 4 is 11.8 Å². The maximum Gasteiger partial charge on any atom is 0.320 e. The van der Waals surface area contributed by atoms with E-state index in [1.807, 2.05) is 61.8 Å². The Labute approximate surface area is 164 Å². The molecular formula is C21H24N4O3. The molecule has 0 aliphatic rings. The van der Waals surface area contributed by atoms with Crippen LogP contribution in [0.15, 0.2) is 54.7 Å². The molecular weight excluding hydrogens is 356 g/mol. The second-order valence-electron chi connectivity index (χ2n) is 6.25. The van der Waals surface area contributed by atoms with Crippen LogP contribution < -0.4 is 20.1 Å². The highest BCUT2D eigenvalue weighted by molar-refractivity contribution is 5.92. The number of carbonyl (C=O) groups excluding carboxylic acids is 1. The third kappa shape index (κ3) is 4.62. The van der Waals surface area contributed by atoms with Crippen molar-refractivity contribution < 1.29 is 14.3 Å². The smallest absolute Gasteiger partial charge is 0.320 e. The molecule has 0 aliphatic heterocycles. The summed E-state index contributed by atoms with van der Waals surface area (Å²) in [6.45, 7) is 0.481. The monoisotopic (exact) mass is 380 g/mol. The zero-order valence-electron chi connectivity index (χ0n) is 16.2. The van der Waals surface area contributed by atoms with Crippen LogP contribution in [0, 0.1) is 0 Å². The highest BCUT2D eigenvalue weighted by atomic mass is 16.5. The van der Waals surface area contributed by atoms with E-state index in [0.29, 0.717) is 30.3 Å². The van der Waals surface area contributed by atoms with Crippen molar-refractivity contribution in [1.82, 2.24) is 15.1 Å². The molecule has 0 spiro atoms. The summed E-state index contributed by atoms with van der Waals surface area (Å²) >= 11 is 0. The number of nitrogens with one attached hydrogen (secondary N) is 2. The van der Waals surface area contributed by atoms with E-state index in [1.54, 1.807) is 18.9 Å². The van der Waals surface area contributed by atoms with Crippen LogP contribution in [0.3, 0.4) is 0 Å². The summed E-state index contributed by atoms with van der Waals surface area (Å²) in [5.74, 6) is 1.88. The average Bonchev–Trinajstić information content (AvgIpc) is 3.08. The van der Waals surface area contributed by atoms with Gasteiger partial charge >= 0.3 is 6.03 Å². The number of amides is 2. The molecule has 7 heteroatoms. The molecule has 0 saturated carbocycles. The highest BCUT2D eigenvalue weighted by Crippen LogP contribution is 2.28. The van der Waals surface area contributed by atoms with Gasteiger partial charge in [0.2, 0.25) is 0 Å². The predicted octanol–water partition coefficient (Wildman–Crippen LogP) is 3.47. The third-order valence-corrected chi connectivity index (χ3v) is 4.29. The maximum atomic E-state index is 12.3. The van der Waals surface area contributed by atoms with Crippen LogP contribution in [0.2, 0.25) is 0 Å². The molecule has 2 aromatic carbocycles. The largest absolute Gasteiger partial charge is 0.493 e. The van der Waals surface area contributed by atoms with E-state index in [0.717, 1.165) is 16.7 Å². The Morgan fingerprint density at radius 2 is 1.82 bits per heavy atom. The first-order valence-corrected chi connectivity index (χ1v) is 8.95. The number of methoxy groups -OCH3 is 2. The summed E-state index contributed by atoms with van der Waals surface area (Å²) in [7, 11) is 5.03. The van der Waals surface area contributed by atoms with Crippen LogP contribution >= 0.6 is 0 Å². The van der Waals surface area contributed by atoms with Gasteiger partial charge in [-0.2, -0.15) is 5.10 Å². The molecule has 2 amide bonds. The number of ether oxygens (including phenoxy) is 2. The quantitative estimate of drug-likeness (QED) is 0.658. The van der Waals surface area contributed by atoms with E-state index in [1.165, 1.54) is 0 Å². The van der Waals surface area contributed by atoms with Crippen molar-refractivity contribution in [2.75, 3.05) is 26.1 Å². The molecule has 28 heavy (non-hydrogen) atoms. The van der Waals surface area contributed by atoms with Crippen LogP contribution in [0.25, 0.3) is 11.1 Å². The van der Waals surface area contributed by atoms with Crippen LogP contribution in [0.5, 0.6) is 11.5 Å². The molecule has 0 radical (unpaired) electrons. The Kier molecular flexibility index (Phi) is 6.16. The average molecular weight is 380 g/mol. The van der Waals surface area contributed by atoms with Gasteiger partial charge in [0.1, 0.15) is 0 Å². The molecule has 146 valence electrons. The number of anilines is 1. The summed E-state index contributed by atoms with van der Waals surface area (Å²) in [6.07, 6.45) is 2.55. The number of hydrogen-bond acceptors (Lipinski definition) is 4. The Balaban J connectivity index is 1.58. The summed E-state index contributed by atoms with van der Waals surface area (Å²) in [4.78, 5) is 12.3. The number of hydrogen-bond donors (Lipinski definition) is 2. The van der Waals surface area contributed by atoms with Gasteiger partial charge in [-0.15, -0.1) is 0 Å². The van der Waals surface area contributed by atoms with Gasteiger partial charge < -0.3 is 14.8 Å². The van der Waals surface area contributed by atoms with Crippen molar-refractivity contribution in [3.05, 3.63) is 60.3 Å². The van der Waals surface area contributed by atoms with Gasteiger partial charge in [0.05, 0.1) is 14.2 Å². The first-order chi connectivity index (χ1) is 13.6. The van der Waals surface area contributed by atoms with E-state index in [2.05, 4.69) is 15.7 Å². The number of aryl methyl sites for hydroxylation is 1. The molecule has 0 atom stereocenters. The van der Waals surface area contributed by atoms with E-state index in [-0.39, 0.29) is 6.03 Å². The molecule has 1 aromatic heterocycles. The molecule has 0 bridgehead atoms. The lowest BCUT2D eigenvalue weighted by Gasteiger charge is -2.10. The van der Waals surface area contributed by atoms with Crippen molar-refractivity contribution in [2.24, 2.45) is 7.05 Å². The lowest BCUT2D eigenvalue weighted by molar-refractivity contribution is 0.252. The van der Waals surface area contributed by atoms with Crippen LogP contribution in [0.1, 0.15) is 5.56 Å². The topological polar surface area (TPSA) is 77.4 Å². The zero-order chi connectivity index (χ0) is 19.9. The fourth-order valence-corrected chi connectivity index (χ4v) is 2.92. The summed E-state index contributed by atoms with van der Waals surface area (Å²) < 4.78 is 12.2. The van der Waals surface area contributed by atoms with E-state index in [4.69, 9.17) is 9.47 Å². The van der Waals surface area contributed by atoms with Crippen LogP contribution in [0.4, 0.5) is 10.6 Å². The minimum atomic E-state index is -0.295. The van der Waals surface area contributed by atoms with E-state index in [9.17, 15) is 4.79 Å². The molecule has 0 unspecified atom stereocenters. The number of nitrogens with zero attached hydrogens (tertiary/aromatic N) is 2. The van der Waals surface area contributed by atoms with Gasteiger partial charge in [0, 0.05) is 25.4 Å². The first kappa shape index (κ1) is 19.3. The van der Waals surface area contributed by atoms with Crippen molar-refractivity contribution in [1.29, 1.82) is 0 Å². The third-order valence-electron chi connectivity index (χ3n) is 4.29. The normalized spacial score (nSPS) is 10.4. The molecule has 3 rings (SSSR count). The van der Waals surface area contributed by atoms with Crippen molar-refractivity contribution in [3.63, 3.8) is 0 Å². The molecule has 2 N–H and O–H groups in total. The lowest BCUT2D eigenvalue weighted by atomic mass is 10.1. The standard InChI is InChI=1S/C21H24N4O3/c1-25-14-17(16-7-5-4-6-8-16)20(24-25)23-21(26)22-12-11-15-9-10-18(27-2)19(13-15)28-3/h4-10,13-14H,11-12H2,1-3H3,(H2,22,23,24,26). The Hall–Kier alpha value is -3.48. The maximum absolute atomic E-state index is 12.3. The second-order valence-corrected chi connectivity index (χ2v) is 6.25. The van der Waals surface area contributed by atoms with Gasteiger partial charge in [-0.3, -0.25) is 10.00 Å². The molecule has 0 saturated heterocycles. The van der Waals surface area contributed by atoms with Crippen molar-refractivity contribution in [2.45, 2.75) is 6.42 Å². The Bertz CT molecular complexity index is 938. The molecule has 7 nitrogen and oxygen atoms in total. The van der Waals surface area contributed by atoms with E-state index >= 15 is 0 Å². The first-order valence-electron chi connectivity index (χ1n) is 8.95. The summed E-state index contributed by atoms with van der Waals surface area (Å²) in [6, 6.07) is 15.2. The van der Waals surface area contributed by atoms with Gasteiger partial charge in [-0.05, 0) is 29.7 Å². The molecule has 0 fully saturated rings. The number of rotatable bonds is 7. The molecule has 1 heterocycles. The van der Waals surface area contributed by atoms with E-state index < -0.39 is 0 Å². The summed E-state index contributed by atoms with van der Waals surface area (Å²) in [5.41, 5.74) is 2.91. The summed E-state index contributed by atoms with van der Waals surface area (Å²) in [5, 5.41) is 10.0. The highest BCUT2D eigenvalue weighted by Gasteiger charge is 2.12. The predicted molar refractivity (Wildman–Crippen MR) is 109 cm³/mol. The Morgan fingerprint density at radius 1 is 1.07 bits per heavy atom. The zero-order valence-corrected chi connectivity index (χ0v) is 16.2. The van der Waals surface area contributed by atoms with Gasteiger partial charge in [-0.1, -0.05) is 36.4 Å². The minimum absolute atomic E-state index is 0.295. The van der Waals surface area contributed by atoms with Crippen molar-refractivity contribution in [3.8, 4) is 22.6 Å². The number of benzene rings is 2. The number of urea groups is 1. The van der Waals surface area contributed by atoms with Crippen LogP contribution in [-0.2, 0) is 13.5 Å². The number of carbonyl (C=O) groups is 1.